The number of hydrogen-bond donors (Lipinski definition) is 0. The van der Waals surface area contributed by atoms with Gasteiger partial charge in [0.05, 0.1) is 5.56 Å². The lowest BCUT2D eigenvalue weighted by molar-refractivity contribution is 0.608. The van der Waals surface area contributed by atoms with Gasteiger partial charge >= 0.3 is 0 Å². The fourth-order valence-corrected chi connectivity index (χ4v) is 3.21. The predicted molar refractivity (Wildman–Crippen MR) is 83.6 cm³/mol. The summed E-state index contributed by atoms with van der Waals surface area (Å²) in [6, 6.07) is 7.39. The summed E-state index contributed by atoms with van der Waals surface area (Å²) in [5.41, 5.74) is 1.59. The summed E-state index contributed by atoms with van der Waals surface area (Å²) in [6.07, 6.45) is 1.06. The lowest BCUT2D eigenvalue weighted by atomic mass is 10.1. The van der Waals surface area contributed by atoms with Gasteiger partial charge in [0.15, 0.2) is 0 Å². The molecule has 2 aromatic rings. The molecule has 1 unspecified atom stereocenters. The molecular weight excluding hydrogens is 315 g/mol. The number of benzene rings is 1. The summed E-state index contributed by atoms with van der Waals surface area (Å²) in [4.78, 5) is 8.84. The van der Waals surface area contributed by atoms with Crippen molar-refractivity contribution in [3.63, 3.8) is 0 Å². The first-order valence-corrected chi connectivity index (χ1v) is 7.51. The van der Waals surface area contributed by atoms with Crippen molar-refractivity contribution in [1.29, 1.82) is 0 Å². The second-order valence-corrected chi connectivity index (χ2v) is 6.89. The molecule has 1 aliphatic carbocycles. The Balaban J connectivity index is 2.08. The summed E-state index contributed by atoms with van der Waals surface area (Å²) in [5, 5.41) is 1.30. The van der Waals surface area contributed by atoms with Gasteiger partial charge in [0.2, 0.25) is 0 Å². The van der Waals surface area contributed by atoms with Crippen molar-refractivity contribution < 1.29 is 0 Å². The van der Waals surface area contributed by atoms with Crippen molar-refractivity contribution in [2.24, 2.45) is 5.41 Å². The van der Waals surface area contributed by atoms with Gasteiger partial charge in [-0.2, -0.15) is 0 Å². The number of hydrogen-bond acceptors (Lipinski definition) is 2. The molecule has 104 valence electrons. The van der Waals surface area contributed by atoms with E-state index in [4.69, 9.17) is 34.8 Å². The van der Waals surface area contributed by atoms with E-state index in [1.165, 1.54) is 0 Å². The predicted octanol–water partition coefficient (Wildman–Crippen LogP) is 5.62. The topological polar surface area (TPSA) is 25.8 Å². The molecule has 1 aliphatic rings. The SMILES string of the molecule is CC1(C)CC1c1nc(Cl)c(-c2ccccc2Cl)c(Cl)n1. The molecule has 3 rings (SSSR count). The zero-order valence-corrected chi connectivity index (χ0v) is 13.4. The van der Waals surface area contributed by atoms with Gasteiger partial charge in [0, 0.05) is 16.5 Å². The van der Waals surface area contributed by atoms with E-state index in [0.29, 0.717) is 26.8 Å². The molecular formula is C15H13Cl3N2. The largest absolute Gasteiger partial charge is 0.220 e. The quantitative estimate of drug-likeness (QED) is 0.669. The molecule has 20 heavy (non-hydrogen) atoms. The number of halogens is 3. The number of rotatable bonds is 2. The van der Waals surface area contributed by atoms with Crippen molar-refractivity contribution >= 4 is 34.8 Å². The van der Waals surface area contributed by atoms with Crippen molar-refractivity contribution in [2.75, 3.05) is 0 Å². The monoisotopic (exact) mass is 326 g/mol. The van der Waals surface area contributed by atoms with Crippen LogP contribution in [0.25, 0.3) is 11.1 Å². The summed E-state index contributed by atoms with van der Waals surface area (Å²) in [5.74, 6) is 1.05. The van der Waals surface area contributed by atoms with Gasteiger partial charge < -0.3 is 0 Å². The van der Waals surface area contributed by atoms with E-state index < -0.39 is 0 Å². The Morgan fingerprint density at radius 1 is 1.05 bits per heavy atom. The van der Waals surface area contributed by atoms with Gasteiger partial charge in [-0.05, 0) is 17.9 Å². The van der Waals surface area contributed by atoms with Gasteiger partial charge in [-0.3, -0.25) is 0 Å². The minimum absolute atomic E-state index is 0.235. The molecule has 1 aromatic heterocycles. The third-order valence-electron chi connectivity index (χ3n) is 3.81. The first-order valence-electron chi connectivity index (χ1n) is 6.38. The molecule has 0 saturated heterocycles. The Bertz CT molecular complexity index is 660. The number of aromatic nitrogens is 2. The van der Waals surface area contributed by atoms with E-state index in [9.17, 15) is 0 Å². The highest BCUT2D eigenvalue weighted by Gasteiger charge is 2.48. The molecule has 1 aromatic carbocycles. The van der Waals surface area contributed by atoms with E-state index in [-0.39, 0.29) is 5.41 Å². The van der Waals surface area contributed by atoms with Crippen LogP contribution in [0.5, 0.6) is 0 Å². The van der Waals surface area contributed by atoms with Gasteiger partial charge in [0.1, 0.15) is 16.1 Å². The van der Waals surface area contributed by atoms with Crippen LogP contribution in [0.1, 0.15) is 32.0 Å². The highest BCUT2D eigenvalue weighted by atomic mass is 35.5. The summed E-state index contributed by atoms with van der Waals surface area (Å²) in [6.45, 7) is 4.37. The van der Waals surface area contributed by atoms with Crippen molar-refractivity contribution in [1.82, 2.24) is 9.97 Å². The molecule has 1 atom stereocenters. The molecule has 2 nitrogen and oxygen atoms in total. The average Bonchev–Trinajstić information content (AvgIpc) is 3.00. The molecule has 0 N–H and O–H groups in total. The maximum absolute atomic E-state index is 6.31. The van der Waals surface area contributed by atoms with Crippen molar-refractivity contribution in [2.45, 2.75) is 26.2 Å². The number of nitrogens with zero attached hydrogens (tertiary/aromatic N) is 2. The summed E-state index contributed by atoms with van der Waals surface area (Å²) < 4.78 is 0. The third kappa shape index (κ3) is 2.41. The molecule has 0 bridgehead atoms. The second-order valence-electron chi connectivity index (χ2n) is 5.76. The smallest absolute Gasteiger partial charge is 0.142 e. The molecule has 1 heterocycles. The van der Waals surface area contributed by atoms with Crippen LogP contribution >= 0.6 is 34.8 Å². The molecule has 0 radical (unpaired) electrons. The lowest BCUT2D eigenvalue weighted by Crippen LogP contribution is -2.00. The Hall–Kier alpha value is -0.830. The Kier molecular flexibility index (Phi) is 3.44. The third-order valence-corrected chi connectivity index (χ3v) is 4.68. The second kappa shape index (κ2) is 4.87. The van der Waals surface area contributed by atoms with E-state index >= 15 is 0 Å². The van der Waals surface area contributed by atoms with Crippen LogP contribution in [0, 0.1) is 5.41 Å². The van der Waals surface area contributed by atoms with Crippen LogP contribution in [0.2, 0.25) is 15.3 Å². The van der Waals surface area contributed by atoms with Gasteiger partial charge in [-0.25, -0.2) is 9.97 Å². The van der Waals surface area contributed by atoms with Crippen LogP contribution in [-0.4, -0.2) is 9.97 Å². The van der Waals surface area contributed by atoms with E-state index in [0.717, 1.165) is 17.8 Å². The van der Waals surface area contributed by atoms with Crippen LogP contribution < -0.4 is 0 Å². The van der Waals surface area contributed by atoms with E-state index in [1.807, 2.05) is 18.2 Å². The highest BCUT2D eigenvalue weighted by Crippen LogP contribution is 2.58. The van der Waals surface area contributed by atoms with Crippen molar-refractivity contribution in [3.05, 3.63) is 45.4 Å². The average molecular weight is 328 g/mol. The molecule has 0 spiro atoms. The van der Waals surface area contributed by atoms with Gasteiger partial charge in [-0.15, -0.1) is 0 Å². The lowest BCUT2D eigenvalue weighted by Gasteiger charge is -2.10. The van der Waals surface area contributed by atoms with Crippen LogP contribution in [0.3, 0.4) is 0 Å². The Morgan fingerprint density at radius 2 is 1.60 bits per heavy atom. The first-order chi connectivity index (χ1) is 9.40. The fraction of sp³-hybridized carbons (Fsp3) is 0.333. The van der Waals surface area contributed by atoms with Gasteiger partial charge in [0.25, 0.3) is 0 Å². The van der Waals surface area contributed by atoms with Crippen molar-refractivity contribution in [3.8, 4) is 11.1 Å². The molecule has 5 heteroatoms. The van der Waals surface area contributed by atoms with Crippen LogP contribution in [0.4, 0.5) is 0 Å². The zero-order valence-electron chi connectivity index (χ0n) is 11.1. The molecule has 0 amide bonds. The molecule has 1 fully saturated rings. The summed E-state index contributed by atoms with van der Waals surface area (Å²) >= 11 is 18.8. The zero-order chi connectivity index (χ0) is 14.5. The molecule has 0 aliphatic heterocycles. The first kappa shape index (κ1) is 14.1. The van der Waals surface area contributed by atoms with E-state index in [1.54, 1.807) is 6.07 Å². The fourth-order valence-electron chi connectivity index (χ4n) is 2.37. The molecule has 1 saturated carbocycles. The minimum Gasteiger partial charge on any atom is -0.220 e. The Morgan fingerprint density at radius 3 is 2.10 bits per heavy atom. The highest BCUT2D eigenvalue weighted by molar-refractivity contribution is 6.40. The van der Waals surface area contributed by atoms with E-state index in [2.05, 4.69) is 23.8 Å². The van der Waals surface area contributed by atoms with Crippen LogP contribution in [-0.2, 0) is 0 Å². The standard InChI is InChI=1S/C15H13Cl3N2/c1-15(2)7-9(15)14-19-12(17)11(13(18)20-14)8-5-3-4-6-10(8)16/h3-6,9H,7H2,1-2H3. The summed E-state index contributed by atoms with van der Waals surface area (Å²) in [7, 11) is 0. The van der Waals surface area contributed by atoms with Crippen LogP contribution in [0.15, 0.2) is 24.3 Å². The Labute approximate surface area is 133 Å². The minimum atomic E-state index is 0.235. The van der Waals surface area contributed by atoms with Gasteiger partial charge in [-0.1, -0.05) is 66.8 Å². The normalized spacial score (nSPS) is 19.9. The maximum Gasteiger partial charge on any atom is 0.142 e. The maximum atomic E-state index is 6.31.